The number of piperidine rings is 1. The van der Waals surface area contributed by atoms with E-state index in [4.69, 9.17) is 5.73 Å². The van der Waals surface area contributed by atoms with Gasteiger partial charge in [0, 0.05) is 31.5 Å². The van der Waals surface area contributed by atoms with Crippen molar-refractivity contribution in [2.45, 2.75) is 45.3 Å². The lowest BCUT2D eigenvalue weighted by Gasteiger charge is -2.33. The molecule has 2 aromatic rings. The van der Waals surface area contributed by atoms with E-state index in [1.54, 1.807) is 0 Å². The Morgan fingerprint density at radius 3 is 2.76 bits per heavy atom. The Morgan fingerprint density at radius 2 is 2.00 bits per heavy atom. The van der Waals surface area contributed by atoms with Crippen LogP contribution < -0.4 is 11.1 Å². The highest BCUT2D eigenvalue weighted by molar-refractivity contribution is 5.96. The molecule has 3 N–H and O–H groups in total. The number of rotatable bonds is 5. The average Bonchev–Trinajstić information content (AvgIpc) is 2.63. The summed E-state index contributed by atoms with van der Waals surface area (Å²) in [6, 6.07) is 8.86. The van der Waals surface area contributed by atoms with E-state index in [0.29, 0.717) is 12.6 Å². The van der Waals surface area contributed by atoms with Crippen LogP contribution in [0, 0.1) is 0 Å². The van der Waals surface area contributed by atoms with E-state index in [2.05, 4.69) is 45.3 Å². The minimum atomic E-state index is -0.299. The molecule has 1 aliphatic rings. The number of nitrogens with two attached hydrogens (primary N) is 1. The molecule has 0 aliphatic carbocycles. The summed E-state index contributed by atoms with van der Waals surface area (Å²) in [6.45, 7) is 4.80. The van der Waals surface area contributed by atoms with Crippen molar-refractivity contribution in [3.8, 4) is 0 Å². The third kappa shape index (κ3) is 4.33. The average molecular weight is 339 g/mol. The lowest BCUT2D eigenvalue weighted by molar-refractivity contribution is 0.0946. The Kier molecular flexibility index (Phi) is 5.60. The van der Waals surface area contributed by atoms with E-state index in [0.717, 1.165) is 18.7 Å². The van der Waals surface area contributed by atoms with E-state index in [-0.39, 0.29) is 17.4 Å². The molecule has 1 aromatic heterocycles. The van der Waals surface area contributed by atoms with Gasteiger partial charge in [0.1, 0.15) is 0 Å². The molecule has 3 rings (SSSR count). The number of nitrogens with one attached hydrogen (secondary N) is 1. The van der Waals surface area contributed by atoms with Crippen LogP contribution in [0.4, 0.5) is 5.82 Å². The number of likely N-dealkylation sites (tertiary alicyclic amines) is 1. The van der Waals surface area contributed by atoms with Gasteiger partial charge in [-0.05, 0) is 37.4 Å². The molecule has 0 saturated carbocycles. The highest BCUT2D eigenvalue weighted by Gasteiger charge is 2.19. The molecule has 0 radical (unpaired) electrons. The molecular weight excluding hydrogens is 314 g/mol. The predicted molar refractivity (Wildman–Crippen MR) is 97.8 cm³/mol. The number of aromatic nitrogens is 2. The molecule has 0 unspecified atom stereocenters. The zero-order valence-electron chi connectivity index (χ0n) is 14.6. The first-order valence-electron chi connectivity index (χ1n) is 8.80. The Labute approximate surface area is 148 Å². The van der Waals surface area contributed by atoms with Crippen LogP contribution in [0.15, 0.2) is 36.7 Å². The first-order valence-corrected chi connectivity index (χ1v) is 8.80. The number of hydrogen-bond acceptors (Lipinski definition) is 5. The van der Waals surface area contributed by atoms with Crippen molar-refractivity contribution in [3.63, 3.8) is 0 Å². The van der Waals surface area contributed by atoms with Gasteiger partial charge >= 0.3 is 0 Å². The fourth-order valence-electron chi connectivity index (χ4n) is 3.28. The number of hydrogen-bond donors (Lipinski definition) is 2. The lowest BCUT2D eigenvalue weighted by atomic mass is 10.0. The van der Waals surface area contributed by atoms with Crippen molar-refractivity contribution < 1.29 is 4.79 Å². The van der Waals surface area contributed by atoms with Crippen LogP contribution in [0.25, 0.3) is 0 Å². The number of amides is 1. The quantitative estimate of drug-likeness (QED) is 0.873. The molecule has 6 heteroatoms. The Bertz CT molecular complexity index is 733. The molecule has 1 fully saturated rings. The van der Waals surface area contributed by atoms with Gasteiger partial charge in [-0.1, -0.05) is 30.7 Å². The molecular formula is C19H25N5O. The van der Waals surface area contributed by atoms with Crippen LogP contribution in [0.5, 0.6) is 0 Å². The van der Waals surface area contributed by atoms with Crippen molar-refractivity contribution in [2.75, 3.05) is 12.3 Å². The topological polar surface area (TPSA) is 84.1 Å². The maximum atomic E-state index is 12.3. The number of anilines is 1. The van der Waals surface area contributed by atoms with Gasteiger partial charge in [-0.2, -0.15) is 0 Å². The van der Waals surface area contributed by atoms with Crippen LogP contribution in [0.3, 0.4) is 0 Å². The summed E-state index contributed by atoms with van der Waals surface area (Å²) in [7, 11) is 0. The summed E-state index contributed by atoms with van der Waals surface area (Å²) in [5.41, 5.74) is 8.26. The second kappa shape index (κ2) is 8.07. The summed E-state index contributed by atoms with van der Waals surface area (Å²) < 4.78 is 0. The van der Waals surface area contributed by atoms with E-state index in [9.17, 15) is 4.79 Å². The Hall–Kier alpha value is -2.47. The second-order valence-electron chi connectivity index (χ2n) is 6.56. The van der Waals surface area contributed by atoms with Gasteiger partial charge < -0.3 is 11.1 Å². The minimum Gasteiger partial charge on any atom is -0.382 e. The highest BCUT2D eigenvalue weighted by Crippen LogP contribution is 2.20. The van der Waals surface area contributed by atoms with Crippen LogP contribution in [0.2, 0.25) is 0 Å². The molecule has 1 saturated heterocycles. The minimum absolute atomic E-state index is 0.149. The zero-order chi connectivity index (χ0) is 17.6. The molecule has 1 amide bonds. The van der Waals surface area contributed by atoms with Crippen molar-refractivity contribution in [1.82, 2.24) is 20.2 Å². The van der Waals surface area contributed by atoms with Crippen molar-refractivity contribution >= 4 is 11.7 Å². The van der Waals surface area contributed by atoms with Gasteiger partial charge in [0.05, 0.1) is 0 Å². The largest absolute Gasteiger partial charge is 0.382 e. The summed E-state index contributed by atoms with van der Waals surface area (Å²) in [4.78, 5) is 22.7. The number of benzene rings is 1. The third-order valence-electron chi connectivity index (χ3n) is 4.81. The van der Waals surface area contributed by atoms with E-state index >= 15 is 0 Å². The fourth-order valence-corrected chi connectivity index (χ4v) is 3.28. The van der Waals surface area contributed by atoms with Gasteiger partial charge in [-0.25, -0.2) is 9.97 Å². The van der Waals surface area contributed by atoms with Crippen LogP contribution in [0.1, 0.15) is 47.8 Å². The molecule has 0 spiro atoms. The van der Waals surface area contributed by atoms with Gasteiger partial charge in [-0.15, -0.1) is 0 Å². The smallest absolute Gasteiger partial charge is 0.273 e. The van der Waals surface area contributed by atoms with Gasteiger partial charge in [0.25, 0.3) is 5.91 Å². The standard InChI is InChI=1S/C19H25N5O/c1-14-6-4-5-11-24(14)13-16-8-3-2-7-15(16)12-23-19(25)17-18(20)22-10-9-21-17/h2-3,7-10,14H,4-6,11-13H2,1H3,(H2,20,22)(H,23,25)/t14-/m0/s1. The summed E-state index contributed by atoms with van der Waals surface area (Å²) in [5, 5.41) is 2.90. The van der Waals surface area contributed by atoms with Crippen molar-refractivity contribution in [1.29, 1.82) is 0 Å². The summed E-state index contributed by atoms with van der Waals surface area (Å²) >= 11 is 0. The maximum Gasteiger partial charge on any atom is 0.273 e. The van der Waals surface area contributed by atoms with E-state index < -0.39 is 0 Å². The van der Waals surface area contributed by atoms with Crippen LogP contribution >= 0.6 is 0 Å². The SMILES string of the molecule is C[C@H]1CCCCN1Cc1ccccc1CNC(=O)c1nccnc1N. The second-order valence-corrected chi connectivity index (χ2v) is 6.56. The molecule has 6 nitrogen and oxygen atoms in total. The number of nitrogens with zero attached hydrogens (tertiary/aromatic N) is 3. The molecule has 0 bridgehead atoms. The molecule has 2 heterocycles. The molecule has 132 valence electrons. The number of carbonyl (C=O) groups excluding carboxylic acids is 1. The monoisotopic (exact) mass is 339 g/mol. The molecule has 1 aromatic carbocycles. The Balaban J connectivity index is 1.67. The fraction of sp³-hybridized carbons (Fsp3) is 0.421. The number of nitrogen functional groups attached to an aromatic ring is 1. The molecule has 25 heavy (non-hydrogen) atoms. The van der Waals surface area contributed by atoms with Crippen molar-refractivity contribution in [3.05, 3.63) is 53.5 Å². The van der Waals surface area contributed by atoms with Gasteiger partial charge in [0.15, 0.2) is 11.5 Å². The van der Waals surface area contributed by atoms with E-state index in [1.165, 1.54) is 37.2 Å². The normalized spacial score (nSPS) is 18.0. The lowest BCUT2D eigenvalue weighted by Crippen LogP contribution is -2.37. The summed E-state index contributed by atoms with van der Waals surface area (Å²) in [6.07, 6.45) is 6.77. The van der Waals surface area contributed by atoms with E-state index in [1.807, 2.05) is 6.07 Å². The third-order valence-corrected chi connectivity index (χ3v) is 4.81. The number of carbonyl (C=O) groups is 1. The van der Waals surface area contributed by atoms with Crippen LogP contribution in [-0.4, -0.2) is 33.4 Å². The maximum absolute atomic E-state index is 12.3. The summed E-state index contributed by atoms with van der Waals surface area (Å²) in [5.74, 6) is -0.151. The van der Waals surface area contributed by atoms with Crippen LogP contribution in [-0.2, 0) is 13.1 Å². The zero-order valence-corrected chi connectivity index (χ0v) is 14.6. The highest BCUT2D eigenvalue weighted by atomic mass is 16.1. The first-order chi connectivity index (χ1) is 12.1. The molecule has 1 atom stereocenters. The van der Waals surface area contributed by atoms with Gasteiger partial charge in [-0.3, -0.25) is 9.69 Å². The van der Waals surface area contributed by atoms with Gasteiger partial charge in [0.2, 0.25) is 0 Å². The first kappa shape index (κ1) is 17.4. The predicted octanol–water partition coefficient (Wildman–Crippen LogP) is 2.36. The Morgan fingerprint density at radius 1 is 1.24 bits per heavy atom. The van der Waals surface area contributed by atoms with Crippen molar-refractivity contribution in [2.24, 2.45) is 0 Å². The molecule has 1 aliphatic heterocycles.